The average Bonchev–Trinajstić information content (AvgIpc) is 3.41. The summed E-state index contributed by atoms with van der Waals surface area (Å²) in [6.45, 7) is 2.67. The first-order valence-corrected chi connectivity index (χ1v) is 11.1. The van der Waals surface area contributed by atoms with Crippen LogP contribution in [0.3, 0.4) is 0 Å². The van der Waals surface area contributed by atoms with Gasteiger partial charge in [0.1, 0.15) is 18.1 Å². The molecule has 0 aliphatic carbocycles. The Morgan fingerprint density at radius 3 is 2.51 bits per heavy atom. The predicted octanol–water partition coefficient (Wildman–Crippen LogP) is 3.51. The number of carbonyl (C=O) groups is 2. The zero-order chi connectivity index (χ0) is 25.3. The molecule has 0 saturated carbocycles. The number of ether oxygens (including phenoxy) is 2. The minimum atomic E-state index is -5.08. The van der Waals surface area contributed by atoms with E-state index in [4.69, 9.17) is 19.4 Å². The molecule has 11 heteroatoms. The third-order valence-corrected chi connectivity index (χ3v) is 6.22. The van der Waals surface area contributed by atoms with Gasteiger partial charge in [0, 0.05) is 31.0 Å². The highest BCUT2D eigenvalue weighted by Crippen LogP contribution is 2.47. The molecule has 1 saturated heterocycles. The van der Waals surface area contributed by atoms with Crippen molar-refractivity contribution in [3.63, 3.8) is 0 Å². The molecular formula is C24H25F3N2O6. The molecule has 3 aliphatic heterocycles. The summed E-state index contributed by atoms with van der Waals surface area (Å²) >= 11 is 0. The number of aromatic hydroxyl groups is 1. The van der Waals surface area contributed by atoms with Crippen molar-refractivity contribution in [3.05, 3.63) is 47.5 Å². The summed E-state index contributed by atoms with van der Waals surface area (Å²) in [7, 11) is 1.97. The lowest BCUT2D eigenvalue weighted by atomic mass is 9.91. The summed E-state index contributed by atoms with van der Waals surface area (Å²) in [6.07, 6.45) is -3.00. The SMILES string of the molecule is CN1CCOc2cc(C3C(=O)N(C[C@H]4CCCO4)c4ccccc43)c(O)cc21.O=C(O)C(F)(F)F. The lowest BCUT2D eigenvalue weighted by Crippen LogP contribution is -2.36. The Labute approximate surface area is 199 Å². The molecular weight excluding hydrogens is 469 g/mol. The Bertz CT molecular complexity index is 1120. The third kappa shape index (κ3) is 5.00. The molecule has 2 aromatic carbocycles. The van der Waals surface area contributed by atoms with Gasteiger partial charge in [-0.1, -0.05) is 18.2 Å². The van der Waals surface area contributed by atoms with E-state index in [2.05, 4.69) is 4.90 Å². The van der Waals surface area contributed by atoms with Gasteiger partial charge in [0.2, 0.25) is 5.91 Å². The normalized spacial score (nSPS) is 21.1. The first-order chi connectivity index (χ1) is 16.6. The van der Waals surface area contributed by atoms with Gasteiger partial charge in [-0.25, -0.2) is 4.79 Å². The van der Waals surface area contributed by atoms with Gasteiger partial charge >= 0.3 is 12.1 Å². The number of phenolic OH excluding ortho intramolecular Hbond substituents is 1. The molecule has 35 heavy (non-hydrogen) atoms. The van der Waals surface area contributed by atoms with Gasteiger partial charge in [-0.2, -0.15) is 13.2 Å². The van der Waals surface area contributed by atoms with E-state index in [9.17, 15) is 23.1 Å². The van der Waals surface area contributed by atoms with Gasteiger partial charge in [-0.15, -0.1) is 0 Å². The second-order valence-corrected chi connectivity index (χ2v) is 8.53. The van der Waals surface area contributed by atoms with Crippen LogP contribution in [0, 0.1) is 0 Å². The van der Waals surface area contributed by atoms with Crippen LogP contribution in [-0.4, -0.2) is 67.7 Å². The second-order valence-electron chi connectivity index (χ2n) is 8.53. The maximum Gasteiger partial charge on any atom is 0.490 e. The molecule has 1 fully saturated rings. The second kappa shape index (κ2) is 9.65. The number of hydrogen-bond donors (Lipinski definition) is 2. The van der Waals surface area contributed by atoms with Crippen molar-refractivity contribution in [2.45, 2.75) is 31.0 Å². The minimum absolute atomic E-state index is 0.0175. The van der Waals surface area contributed by atoms with Crippen LogP contribution in [0.15, 0.2) is 36.4 Å². The zero-order valence-corrected chi connectivity index (χ0v) is 18.9. The van der Waals surface area contributed by atoms with E-state index in [1.54, 1.807) is 6.07 Å². The predicted molar refractivity (Wildman–Crippen MR) is 120 cm³/mol. The summed E-state index contributed by atoms with van der Waals surface area (Å²) in [5.74, 6) is -2.46. The summed E-state index contributed by atoms with van der Waals surface area (Å²) < 4.78 is 43.3. The maximum atomic E-state index is 13.4. The highest BCUT2D eigenvalue weighted by Gasteiger charge is 2.41. The number of carbonyl (C=O) groups excluding carboxylic acids is 1. The number of phenols is 1. The topological polar surface area (TPSA) is 99.5 Å². The fourth-order valence-corrected chi connectivity index (χ4v) is 4.50. The molecule has 2 aromatic rings. The van der Waals surface area contributed by atoms with Crippen LogP contribution >= 0.6 is 0 Å². The van der Waals surface area contributed by atoms with Crippen molar-refractivity contribution in [2.75, 3.05) is 43.2 Å². The van der Waals surface area contributed by atoms with E-state index < -0.39 is 18.1 Å². The van der Waals surface area contributed by atoms with Crippen LogP contribution in [-0.2, 0) is 14.3 Å². The molecule has 0 aromatic heterocycles. The Hall–Kier alpha value is -3.47. The highest BCUT2D eigenvalue weighted by atomic mass is 19.4. The molecule has 1 amide bonds. The number of benzene rings is 2. The fourth-order valence-electron chi connectivity index (χ4n) is 4.50. The molecule has 188 valence electrons. The maximum absolute atomic E-state index is 13.4. The van der Waals surface area contributed by atoms with Crippen molar-refractivity contribution < 1.29 is 42.4 Å². The van der Waals surface area contributed by atoms with Crippen LogP contribution in [0.5, 0.6) is 11.5 Å². The van der Waals surface area contributed by atoms with Crippen LogP contribution in [0.4, 0.5) is 24.5 Å². The van der Waals surface area contributed by atoms with Gasteiger partial charge in [0.25, 0.3) is 0 Å². The van der Waals surface area contributed by atoms with Crippen LogP contribution < -0.4 is 14.5 Å². The minimum Gasteiger partial charge on any atom is -0.508 e. The molecule has 5 rings (SSSR count). The first kappa shape index (κ1) is 24.6. The molecule has 0 radical (unpaired) electrons. The Kier molecular flexibility index (Phi) is 6.79. The van der Waals surface area contributed by atoms with Gasteiger partial charge in [0.05, 0.1) is 30.8 Å². The molecule has 0 bridgehead atoms. The van der Waals surface area contributed by atoms with Crippen molar-refractivity contribution >= 4 is 23.3 Å². The highest BCUT2D eigenvalue weighted by molar-refractivity contribution is 6.07. The lowest BCUT2D eigenvalue weighted by molar-refractivity contribution is -0.192. The molecule has 3 heterocycles. The summed E-state index contributed by atoms with van der Waals surface area (Å²) in [5, 5.41) is 17.9. The van der Waals surface area contributed by atoms with Crippen molar-refractivity contribution in [3.8, 4) is 11.5 Å². The van der Waals surface area contributed by atoms with E-state index in [1.807, 2.05) is 42.3 Å². The Morgan fingerprint density at radius 1 is 1.14 bits per heavy atom. The van der Waals surface area contributed by atoms with Crippen molar-refractivity contribution in [1.29, 1.82) is 0 Å². The van der Waals surface area contributed by atoms with Gasteiger partial charge < -0.3 is 29.5 Å². The smallest absolute Gasteiger partial charge is 0.490 e. The number of para-hydroxylation sites is 1. The largest absolute Gasteiger partial charge is 0.508 e. The van der Waals surface area contributed by atoms with Gasteiger partial charge in [-0.3, -0.25) is 4.79 Å². The Balaban J connectivity index is 0.000000364. The summed E-state index contributed by atoms with van der Waals surface area (Å²) in [4.78, 5) is 26.2. The van der Waals surface area contributed by atoms with Gasteiger partial charge in [0.15, 0.2) is 0 Å². The average molecular weight is 494 g/mol. The Morgan fingerprint density at radius 2 is 1.86 bits per heavy atom. The number of anilines is 2. The number of halogens is 3. The summed E-state index contributed by atoms with van der Waals surface area (Å²) in [5.41, 5.74) is 3.27. The number of rotatable bonds is 3. The molecule has 3 aliphatic rings. The molecule has 1 unspecified atom stereocenters. The van der Waals surface area contributed by atoms with Crippen molar-refractivity contribution in [2.24, 2.45) is 0 Å². The quantitative estimate of drug-likeness (QED) is 0.674. The first-order valence-electron chi connectivity index (χ1n) is 11.1. The van der Waals surface area contributed by atoms with Crippen LogP contribution in [0.25, 0.3) is 0 Å². The fraction of sp³-hybridized carbons (Fsp3) is 0.417. The lowest BCUT2D eigenvalue weighted by Gasteiger charge is -2.29. The van der Waals surface area contributed by atoms with E-state index in [0.29, 0.717) is 24.5 Å². The monoisotopic (exact) mass is 494 g/mol. The van der Waals surface area contributed by atoms with E-state index in [1.165, 1.54) is 0 Å². The van der Waals surface area contributed by atoms with E-state index >= 15 is 0 Å². The number of carboxylic acids is 1. The zero-order valence-electron chi connectivity index (χ0n) is 18.9. The number of alkyl halides is 3. The number of likely N-dealkylation sites (N-methyl/N-ethyl adjacent to an activating group) is 1. The number of nitrogens with zero attached hydrogens (tertiary/aromatic N) is 2. The van der Waals surface area contributed by atoms with E-state index in [-0.39, 0.29) is 17.8 Å². The molecule has 2 N–H and O–H groups in total. The number of carboxylic acid groups (broad SMARTS) is 1. The van der Waals surface area contributed by atoms with E-state index in [0.717, 1.165) is 42.9 Å². The standard InChI is InChI=1S/C22H24N2O4.C2HF3O2/c1-23-8-10-28-20-11-16(19(25)12-18(20)23)21-15-6-2-3-7-17(15)24(22(21)26)13-14-5-4-9-27-14;3-2(4,5)1(6)7/h2-3,6-7,11-12,14,21,25H,4-5,8-10,13H2,1H3;(H,6,7)/t14-,21?;/m1./s1. The molecule has 0 spiro atoms. The van der Waals surface area contributed by atoms with Crippen LogP contribution in [0.2, 0.25) is 0 Å². The van der Waals surface area contributed by atoms with Crippen LogP contribution in [0.1, 0.15) is 29.9 Å². The van der Waals surface area contributed by atoms with Gasteiger partial charge in [-0.05, 0) is 30.5 Å². The number of hydrogen-bond acceptors (Lipinski definition) is 6. The molecule has 8 nitrogen and oxygen atoms in total. The number of aliphatic carboxylic acids is 1. The third-order valence-electron chi connectivity index (χ3n) is 6.22. The summed E-state index contributed by atoms with van der Waals surface area (Å²) in [6, 6.07) is 11.4. The van der Waals surface area contributed by atoms with Crippen molar-refractivity contribution in [1.82, 2.24) is 0 Å². The number of amides is 1. The molecule has 2 atom stereocenters. The number of fused-ring (bicyclic) bond motifs is 2.